The molecule has 1 fully saturated rings. The molecule has 5 nitrogen and oxygen atoms in total. The van der Waals surface area contributed by atoms with Crippen molar-refractivity contribution < 1.29 is 17.5 Å². The van der Waals surface area contributed by atoms with E-state index < -0.39 is 15.8 Å². The summed E-state index contributed by atoms with van der Waals surface area (Å²) in [6.07, 6.45) is 4.17. The van der Waals surface area contributed by atoms with Crippen LogP contribution in [0.2, 0.25) is 0 Å². The minimum absolute atomic E-state index is 0.00620. The zero-order chi connectivity index (χ0) is 15.5. The van der Waals surface area contributed by atoms with Crippen molar-refractivity contribution >= 4 is 10.0 Å². The van der Waals surface area contributed by atoms with E-state index in [9.17, 15) is 12.8 Å². The highest BCUT2D eigenvalue weighted by Gasteiger charge is 2.25. The lowest BCUT2D eigenvalue weighted by Crippen LogP contribution is -2.33. The van der Waals surface area contributed by atoms with Crippen LogP contribution in [0.1, 0.15) is 24.8 Å². The van der Waals surface area contributed by atoms with Gasteiger partial charge in [-0.15, -0.1) is 0 Å². The van der Waals surface area contributed by atoms with Gasteiger partial charge in [0.1, 0.15) is 17.7 Å². The van der Waals surface area contributed by atoms with E-state index in [4.69, 9.17) is 10.5 Å². The van der Waals surface area contributed by atoms with Crippen LogP contribution in [0.15, 0.2) is 18.2 Å². The molecule has 0 heterocycles. The summed E-state index contributed by atoms with van der Waals surface area (Å²) >= 11 is 0. The molecule has 2 rings (SSSR count). The first-order chi connectivity index (χ1) is 9.85. The van der Waals surface area contributed by atoms with Crippen molar-refractivity contribution in [2.45, 2.75) is 37.8 Å². The van der Waals surface area contributed by atoms with Crippen molar-refractivity contribution in [1.82, 2.24) is 4.72 Å². The van der Waals surface area contributed by atoms with Gasteiger partial charge in [-0.2, -0.15) is 0 Å². The Labute approximate surface area is 124 Å². The zero-order valence-electron chi connectivity index (χ0n) is 12.0. The molecule has 0 bridgehead atoms. The largest absolute Gasteiger partial charge is 0.489 e. The minimum Gasteiger partial charge on any atom is -0.489 e. The Balaban J connectivity index is 1.94. The molecule has 0 amide bonds. The van der Waals surface area contributed by atoms with Crippen molar-refractivity contribution in [3.05, 3.63) is 29.6 Å². The third-order valence-electron chi connectivity index (χ3n) is 3.57. The molecule has 118 valence electrons. The first-order valence-electron chi connectivity index (χ1n) is 7.00. The molecule has 1 aliphatic carbocycles. The van der Waals surface area contributed by atoms with E-state index in [0.717, 1.165) is 25.5 Å². The molecule has 0 aliphatic heterocycles. The van der Waals surface area contributed by atoms with E-state index in [0.29, 0.717) is 17.7 Å². The van der Waals surface area contributed by atoms with Crippen molar-refractivity contribution in [2.24, 2.45) is 5.73 Å². The van der Waals surface area contributed by atoms with E-state index in [-0.39, 0.29) is 18.7 Å². The number of nitrogens with two attached hydrogens (primary N) is 1. The second kappa shape index (κ2) is 6.72. The fraction of sp³-hybridized carbons (Fsp3) is 0.571. The smallest absolute Gasteiger partial charge is 0.208 e. The molecule has 1 saturated carbocycles. The van der Waals surface area contributed by atoms with Gasteiger partial charge in [0.2, 0.25) is 10.0 Å². The van der Waals surface area contributed by atoms with Crippen molar-refractivity contribution in [1.29, 1.82) is 0 Å². The SMILES string of the molecule is CS(=O)(=O)NCCc1ccc(O[C@@H]2CCC[C@@H]2N)cc1F. The van der Waals surface area contributed by atoms with Crippen molar-refractivity contribution in [2.75, 3.05) is 12.8 Å². The molecule has 0 saturated heterocycles. The maximum atomic E-state index is 14.0. The zero-order valence-corrected chi connectivity index (χ0v) is 12.8. The van der Waals surface area contributed by atoms with E-state index >= 15 is 0 Å². The minimum atomic E-state index is -3.25. The van der Waals surface area contributed by atoms with Crippen LogP contribution in [-0.4, -0.2) is 33.4 Å². The lowest BCUT2D eigenvalue weighted by Gasteiger charge is -2.18. The van der Waals surface area contributed by atoms with Crippen LogP contribution >= 0.6 is 0 Å². The Morgan fingerprint density at radius 3 is 2.76 bits per heavy atom. The molecule has 1 aromatic carbocycles. The lowest BCUT2D eigenvalue weighted by atomic mass is 10.1. The predicted octanol–water partition coefficient (Wildman–Crippen LogP) is 1.18. The van der Waals surface area contributed by atoms with Gasteiger partial charge in [0.15, 0.2) is 0 Å². The number of halogens is 1. The van der Waals surface area contributed by atoms with Crippen LogP contribution in [0.3, 0.4) is 0 Å². The molecule has 0 unspecified atom stereocenters. The molecule has 0 radical (unpaired) electrons. The normalized spacial score (nSPS) is 22.4. The number of benzene rings is 1. The van der Waals surface area contributed by atoms with E-state index in [1.165, 1.54) is 6.07 Å². The van der Waals surface area contributed by atoms with E-state index in [1.54, 1.807) is 12.1 Å². The van der Waals surface area contributed by atoms with Gasteiger partial charge in [0.25, 0.3) is 0 Å². The van der Waals surface area contributed by atoms with Crippen LogP contribution < -0.4 is 15.2 Å². The molecule has 7 heteroatoms. The van der Waals surface area contributed by atoms with Crippen LogP contribution in [-0.2, 0) is 16.4 Å². The monoisotopic (exact) mass is 316 g/mol. The average molecular weight is 316 g/mol. The maximum Gasteiger partial charge on any atom is 0.208 e. The Kier molecular flexibility index (Phi) is 5.18. The quantitative estimate of drug-likeness (QED) is 0.825. The van der Waals surface area contributed by atoms with Gasteiger partial charge in [-0.25, -0.2) is 17.5 Å². The fourth-order valence-corrected chi connectivity index (χ4v) is 2.92. The maximum absolute atomic E-state index is 14.0. The number of rotatable bonds is 6. The predicted molar refractivity (Wildman–Crippen MR) is 79.2 cm³/mol. The number of hydrogen-bond acceptors (Lipinski definition) is 4. The molecular formula is C14H21FN2O3S. The Morgan fingerprint density at radius 1 is 1.43 bits per heavy atom. The fourth-order valence-electron chi connectivity index (χ4n) is 2.45. The number of nitrogens with one attached hydrogen (secondary N) is 1. The number of sulfonamides is 1. The average Bonchev–Trinajstić information content (AvgIpc) is 2.76. The van der Waals surface area contributed by atoms with E-state index in [2.05, 4.69) is 4.72 Å². The summed E-state index contributed by atoms with van der Waals surface area (Å²) in [5.74, 6) is 0.0732. The van der Waals surface area contributed by atoms with Crippen molar-refractivity contribution in [3.8, 4) is 5.75 Å². The number of hydrogen-bond donors (Lipinski definition) is 2. The Hall–Kier alpha value is -1.18. The second-order valence-electron chi connectivity index (χ2n) is 5.42. The number of ether oxygens (including phenoxy) is 1. The summed E-state index contributed by atoms with van der Waals surface area (Å²) in [4.78, 5) is 0. The van der Waals surface area contributed by atoms with Gasteiger partial charge in [-0.1, -0.05) is 6.07 Å². The summed E-state index contributed by atoms with van der Waals surface area (Å²) in [5.41, 5.74) is 6.37. The summed E-state index contributed by atoms with van der Waals surface area (Å²) in [5, 5.41) is 0. The standard InChI is InChI=1S/C14H21FN2O3S/c1-21(18,19)17-8-7-10-5-6-11(9-12(10)15)20-14-4-2-3-13(14)16/h5-6,9,13-14,17H,2-4,7-8,16H2,1H3/t13-,14+/m0/s1. The molecule has 1 aromatic rings. The Bertz CT molecular complexity index is 592. The van der Waals surface area contributed by atoms with Crippen LogP contribution in [0.4, 0.5) is 4.39 Å². The lowest BCUT2D eigenvalue weighted by molar-refractivity contribution is 0.191. The summed E-state index contributed by atoms with van der Waals surface area (Å²) in [7, 11) is -3.25. The van der Waals surface area contributed by atoms with Gasteiger partial charge >= 0.3 is 0 Å². The van der Waals surface area contributed by atoms with E-state index in [1.807, 2.05) is 0 Å². The van der Waals surface area contributed by atoms with Gasteiger partial charge in [-0.05, 0) is 37.3 Å². The van der Waals surface area contributed by atoms with Crippen LogP contribution in [0, 0.1) is 5.82 Å². The second-order valence-corrected chi connectivity index (χ2v) is 7.25. The first-order valence-corrected chi connectivity index (χ1v) is 8.89. The van der Waals surface area contributed by atoms with Crippen LogP contribution in [0.25, 0.3) is 0 Å². The summed E-state index contributed by atoms with van der Waals surface area (Å²) in [6.45, 7) is 0.170. The van der Waals surface area contributed by atoms with Gasteiger partial charge in [0.05, 0.1) is 6.26 Å². The summed E-state index contributed by atoms with van der Waals surface area (Å²) < 4.78 is 43.9. The molecule has 1 aliphatic rings. The van der Waals surface area contributed by atoms with Crippen LogP contribution in [0.5, 0.6) is 5.75 Å². The third kappa shape index (κ3) is 4.94. The van der Waals surface area contributed by atoms with Gasteiger partial charge in [-0.3, -0.25) is 0 Å². The molecule has 0 aromatic heterocycles. The highest BCUT2D eigenvalue weighted by molar-refractivity contribution is 7.88. The highest BCUT2D eigenvalue weighted by atomic mass is 32.2. The topological polar surface area (TPSA) is 81.4 Å². The first kappa shape index (κ1) is 16.2. The van der Waals surface area contributed by atoms with Gasteiger partial charge in [0, 0.05) is 18.7 Å². The third-order valence-corrected chi connectivity index (χ3v) is 4.30. The molecule has 21 heavy (non-hydrogen) atoms. The summed E-state index contributed by atoms with van der Waals surface area (Å²) in [6, 6.07) is 4.66. The molecule has 2 atom stereocenters. The molecular weight excluding hydrogens is 295 g/mol. The highest BCUT2D eigenvalue weighted by Crippen LogP contribution is 2.25. The molecule has 0 spiro atoms. The Morgan fingerprint density at radius 2 is 2.19 bits per heavy atom. The van der Waals surface area contributed by atoms with Gasteiger partial charge < -0.3 is 10.5 Å². The molecule has 3 N–H and O–H groups in total. The van der Waals surface area contributed by atoms with Crippen molar-refractivity contribution in [3.63, 3.8) is 0 Å².